The molecule has 4 unspecified atom stereocenters. The molecule has 0 aliphatic carbocycles. The standard InChI is InChI=1S/C25H29O4P.C15H24NO4P.C14H22NO4P.C12H26NO3P.C10H8O/c1-19(24(26)28-17-20-11-6-5-7-12-20)18-30(27,25(2,3)4)29-23-16-10-14-21-13-8-9-15-22(21)23;1-6-19-14(17)12(2)16-21(18,15(3,4)5)20-13-10-8-7-9-11-13;1-5-18-14(16)12(4)15-20(17,11(2)3)19-13-9-7-6-8-10-13;1-9(2)17(7,15)13-10(3)11(14)16-8-12(4,5)6;11-10-7-3-5-8-4-1-2-6-9(8)10/h5-16,19H,17-18H2,1-4H3;7-12H,6H2,1-5H3,(H,16,18);6-12H,5H2,1-4H3,(H,15,17);9-10H,8H2,1-7H3,(H,13,15);1-7,11H/t19-,30?;12-,21?;12-,20?;10-,17?;/m0101./s1. The summed E-state index contributed by atoms with van der Waals surface area (Å²) in [5, 5.41) is 20.5. The van der Waals surface area contributed by atoms with Crippen LogP contribution in [-0.2, 0) is 63.0 Å². The van der Waals surface area contributed by atoms with Crippen molar-refractivity contribution < 1.29 is 75.1 Å². The van der Waals surface area contributed by atoms with Crippen LogP contribution in [0.1, 0.15) is 137 Å². The fourth-order valence-electron chi connectivity index (χ4n) is 8.47. The van der Waals surface area contributed by atoms with Gasteiger partial charge in [-0.05, 0) is 114 Å². The summed E-state index contributed by atoms with van der Waals surface area (Å²) in [5.74, 6) is -0.211. The zero-order valence-electron chi connectivity index (χ0n) is 61.6. The first kappa shape index (κ1) is 86.2. The van der Waals surface area contributed by atoms with Crippen LogP contribution >= 0.6 is 29.7 Å². The minimum atomic E-state index is -3.31. The highest BCUT2D eigenvalue weighted by Crippen LogP contribution is 2.60. The van der Waals surface area contributed by atoms with Crippen LogP contribution in [0.3, 0.4) is 0 Å². The minimum Gasteiger partial charge on any atom is -0.507 e. The highest BCUT2D eigenvalue weighted by atomic mass is 31.2. The number of carbonyl (C=O) groups is 4. The Balaban J connectivity index is 0.000000333. The van der Waals surface area contributed by atoms with Crippen LogP contribution in [0.5, 0.6) is 23.0 Å². The topological polar surface area (TPSA) is 257 Å². The molecule has 0 fully saturated rings. The summed E-state index contributed by atoms with van der Waals surface area (Å²) in [5.41, 5.74) is 0.618. The normalized spacial score (nSPS) is 15.1. The molecule has 544 valence electrons. The van der Waals surface area contributed by atoms with Crippen LogP contribution in [0.25, 0.3) is 21.5 Å². The van der Waals surface area contributed by atoms with Crippen LogP contribution in [-0.4, -0.2) is 101 Å². The molecule has 0 aliphatic rings. The van der Waals surface area contributed by atoms with Gasteiger partial charge in [-0.2, -0.15) is 0 Å². The molecule has 0 radical (unpaired) electrons. The SMILES string of the molecule is CC(C)P(C)(=O)N[C@H](C)C(=O)OCC(C)(C)C.CCOC(=O)[C@@H](C)NP(=O)(Oc1ccccc1)C(C)(C)C.CCOC(=O)[C@H](C)NP(=O)(Oc1ccccc1)C(C)C.C[C@@H](CP(=O)(Oc1cccc2ccccc12)C(C)(C)C)C(=O)OCc1ccccc1.Oc1cccc2ccccc12. The fraction of sp³-hybridized carbons (Fsp3) is 0.447. The lowest BCUT2D eigenvalue weighted by molar-refractivity contribution is -0.149. The second-order valence-electron chi connectivity index (χ2n) is 27.6. The maximum absolute atomic E-state index is 14.0. The Bertz CT molecular complexity index is 3820. The molecule has 99 heavy (non-hydrogen) atoms. The van der Waals surface area contributed by atoms with E-state index in [1.165, 1.54) is 0 Å². The number of phenols is 1. The Morgan fingerprint density at radius 2 is 0.869 bits per heavy atom. The van der Waals surface area contributed by atoms with Gasteiger partial charge >= 0.3 is 38.9 Å². The largest absolute Gasteiger partial charge is 0.507 e. The number of benzene rings is 7. The van der Waals surface area contributed by atoms with Crippen molar-refractivity contribution in [3.8, 4) is 23.0 Å². The van der Waals surface area contributed by atoms with Gasteiger partial charge in [-0.15, -0.1) is 0 Å². The quantitative estimate of drug-likeness (QED) is 0.0236. The summed E-state index contributed by atoms with van der Waals surface area (Å²) >= 11 is 0. The molecular formula is C76H109N3O16P4. The Hall–Kier alpha value is -7.06. The monoisotopic (exact) mass is 1440 g/mol. The fourth-order valence-corrected chi connectivity index (χ4v) is 15.3. The molecule has 0 saturated heterocycles. The summed E-state index contributed by atoms with van der Waals surface area (Å²) in [6.45, 7) is 37.3. The predicted molar refractivity (Wildman–Crippen MR) is 402 cm³/mol. The molecule has 23 heteroatoms. The van der Waals surface area contributed by atoms with Gasteiger partial charge in [-0.25, -0.2) is 10.2 Å². The maximum atomic E-state index is 14.0. The van der Waals surface area contributed by atoms with Crippen LogP contribution in [0.15, 0.2) is 176 Å². The molecule has 0 saturated carbocycles. The van der Waals surface area contributed by atoms with E-state index in [0.717, 1.165) is 27.1 Å². The second-order valence-corrected chi connectivity index (χ2v) is 39.7. The van der Waals surface area contributed by atoms with Gasteiger partial charge in [0.15, 0.2) is 0 Å². The van der Waals surface area contributed by atoms with Gasteiger partial charge in [0.1, 0.15) is 55.0 Å². The van der Waals surface area contributed by atoms with E-state index >= 15 is 0 Å². The molecule has 7 aromatic rings. The predicted octanol–water partition coefficient (Wildman–Crippen LogP) is 18.9. The van der Waals surface area contributed by atoms with Gasteiger partial charge in [0.25, 0.3) is 7.37 Å². The van der Waals surface area contributed by atoms with E-state index in [1.54, 1.807) is 117 Å². The summed E-state index contributed by atoms with van der Waals surface area (Å²) < 4.78 is 90.1. The second kappa shape index (κ2) is 39.8. The van der Waals surface area contributed by atoms with Crippen LogP contribution in [0.4, 0.5) is 0 Å². The molecular weight excluding hydrogens is 1330 g/mol. The number of para-hydroxylation sites is 2. The lowest BCUT2D eigenvalue weighted by Gasteiger charge is -2.33. The summed E-state index contributed by atoms with van der Waals surface area (Å²) in [6.07, 6.45) is 0.118. The van der Waals surface area contributed by atoms with Crippen molar-refractivity contribution >= 4 is 75.1 Å². The lowest BCUT2D eigenvalue weighted by Crippen LogP contribution is -2.39. The van der Waals surface area contributed by atoms with E-state index in [9.17, 15) is 42.5 Å². The molecule has 0 aliphatic heterocycles. The number of phenolic OH excluding ortho intramolecular Hbond substituents is 1. The van der Waals surface area contributed by atoms with Crippen molar-refractivity contribution in [2.45, 2.75) is 178 Å². The van der Waals surface area contributed by atoms with Crippen molar-refractivity contribution in [3.05, 3.63) is 181 Å². The third kappa shape index (κ3) is 29.2. The molecule has 7 aromatic carbocycles. The Labute approximate surface area is 588 Å². The Morgan fingerprint density at radius 3 is 1.33 bits per heavy atom. The molecule has 0 bridgehead atoms. The Kier molecular flexibility index (Phi) is 34.6. The van der Waals surface area contributed by atoms with Gasteiger partial charge in [-0.3, -0.25) is 38.0 Å². The van der Waals surface area contributed by atoms with Crippen molar-refractivity contribution in [2.24, 2.45) is 11.3 Å². The third-order valence-corrected chi connectivity index (χ3v) is 26.9. The smallest absolute Gasteiger partial charge is 0.323 e. The average Bonchev–Trinajstić information content (AvgIpc) is 0.790. The van der Waals surface area contributed by atoms with E-state index in [2.05, 4.69) is 15.3 Å². The van der Waals surface area contributed by atoms with Crippen LogP contribution in [0, 0.1) is 11.3 Å². The molecule has 0 heterocycles. The number of rotatable bonds is 25. The molecule has 19 nitrogen and oxygen atoms in total. The number of hydrogen-bond acceptors (Lipinski definition) is 16. The number of hydrogen-bond donors (Lipinski definition) is 4. The number of fused-ring (bicyclic) bond motifs is 2. The molecule has 0 amide bonds. The number of esters is 4. The zero-order valence-corrected chi connectivity index (χ0v) is 65.2. The van der Waals surface area contributed by atoms with Gasteiger partial charge in [0, 0.05) is 34.4 Å². The summed E-state index contributed by atoms with van der Waals surface area (Å²) in [6, 6.07) is 52.3. The first-order chi connectivity index (χ1) is 46.1. The molecule has 4 N–H and O–H groups in total. The van der Waals surface area contributed by atoms with Crippen molar-refractivity contribution in [2.75, 3.05) is 32.6 Å². The van der Waals surface area contributed by atoms with Gasteiger partial charge < -0.3 is 42.2 Å². The third-order valence-electron chi connectivity index (χ3n) is 14.9. The van der Waals surface area contributed by atoms with E-state index in [1.807, 2.05) is 197 Å². The van der Waals surface area contributed by atoms with Gasteiger partial charge in [0.2, 0.25) is 0 Å². The number of aromatic hydroxyl groups is 1. The number of carbonyl (C=O) groups excluding carboxylic acids is 4. The van der Waals surface area contributed by atoms with Crippen molar-refractivity contribution in [1.82, 2.24) is 15.3 Å². The molecule has 7 rings (SSSR count). The number of nitrogens with one attached hydrogen (secondary N) is 3. The van der Waals surface area contributed by atoms with Crippen LogP contribution < -0.4 is 28.8 Å². The van der Waals surface area contributed by atoms with E-state index in [0.29, 0.717) is 29.6 Å². The molecule has 8 atom stereocenters. The first-order valence-corrected chi connectivity index (χ1v) is 40.7. The van der Waals surface area contributed by atoms with Crippen LogP contribution in [0.2, 0.25) is 0 Å². The summed E-state index contributed by atoms with van der Waals surface area (Å²) in [7, 11) is -12.2. The zero-order chi connectivity index (χ0) is 74.6. The van der Waals surface area contributed by atoms with E-state index < -0.39 is 76.0 Å². The highest BCUT2D eigenvalue weighted by Gasteiger charge is 2.44. The van der Waals surface area contributed by atoms with E-state index in [-0.39, 0.29) is 54.7 Å². The molecule has 0 spiro atoms. The van der Waals surface area contributed by atoms with Gasteiger partial charge in [-0.1, -0.05) is 216 Å². The average molecular weight is 1440 g/mol. The maximum Gasteiger partial charge on any atom is 0.323 e. The van der Waals surface area contributed by atoms with Crippen molar-refractivity contribution in [3.63, 3.8) is 0 Å². The van der Waals surface area contributed by atoms with E-state index in [4.69, 9.17) is 32.5 Å². The van der Waals surface area contributed by atoms with Gasteiger partial charge in [0.05, 0.1) is 36.6 Å². The minimum absolute atomic E-state index is 0.0142. The lowest BCUT2D eigenvalue weighted by atomic mass is 9.99. The highest BCUT2D eigenvalue weighted by molar-refractivity contribution is 7.62. The molecule has 0 aromatic heterocycles. The summed E-state index contributed by atoms with van der Waals surface area (Å²) in [4.78, 5) is 47.6. The Morgan fingerprint density at radius 1 is 0.444 bits per heavy atom. The first-order valence-electron chi connectivity index (χ1n) is 33.3. The van der Waals surface area contributed by atoms with Crippen molar-refractivity contribution in [1.29, 1.82) is 0 Å². The number of ether oxygens (including phenoxy) is 4.